The lowest BCUT2D eigenvalue weighted by Gasteiger charge is -2.33. The van der Waals surface area contributed by atoms with Crippen LogP contribution in [0.2, 0.25) is 0 Å². The Bertz CT molecular complexity index is 533. The van der Waals surface area contributed by atoms with Gasteiger partial charge in [0, 0.05) is 11.8 Å². The van der Waals surface area contributed by atoms with E-state index in [0.29, 0.717) is 17.7 Å². The van der Waals surface area contributed by atoms with Crippen molar-refractivity contribution in [2.24, 2.45) is 11.8 Å². The fraction of sp³-hybridized carbons (Fsp3) is 0.800. The number of nitrogens with zero attached hydrogens (tertiary/aromatic N) is 3. The standard InChI is InChI=1S/C13H22N4OS.C2HF3O2/c1-10-2-4-11(5-3-10)17(15)7-13(18)16-9-19-8-12(16)6-14;3-2(4,5)1(6)7/h10-12H,2-5,7-9,15H2,1H3;(H,6,7). The van der Waals surface area contributed by atoms with Crippen LogP contribution < -0.4 is 5.84 Å². The molecule has 1 heterocycles. The smallest absolute Gasteiger partial charge is 0.475 e. The maximum Gasteiger partial charge on any atom is 0.490 e. The highest BCUT2D eigenvalue weighted by atomic mass is 32.2. The van der Waals surface area contributed by atoms with Crippen LogP contribution >= 0.6 is 11.8 Å². The molecule has 1 saturated carbocycles. The third-order valence-corrected chi connectivity index (χ3v) is 5.38. The molecule has 1 aliphatic carbocycles. The van der Waals surface area contributed by atoms with E-state index in [1.54, 1.807) is 21.7 Å². The molecule has 1 aliphatic heterocycles. The number of carbonyl (C=O) groups excluding carboxylic acids is 1. The van der Waals surface area contributed by atoms with E-state index in [4.69, 9.17) is 21.0 Å². The van der Waals surface area contributed by atoms with Crippen molar-refractivity contribution in [3.63, 3.8) is 0 Å². The van der Waals surface area contributed by atoms with Gasteiger partial charge in [-0.15, -0.1) is 11.8 Å². The van der Waals surface area contributed by atoms with E-state index >= 15 is 0 Å². The van der Waals surface area contributed by atoms with E-state index in [2.05, 4.69) is 13.0 Å². The fourth-order valence-electron chi connectivity index (χ4n) is 2.75. The Kier molecular flexibility index (Phi) is 8.66. The normalized spacial score (nSPS) is 26.0. The van der Waals surface area contributed by atoms with Gasteiger partial charge in [0.2, 0.25) is 5.91 Å². The monoisotopic (exact) mass is 396 g/mol. The van der Waals surface area contributed by atoms with Gasteiger partial charge in [0.15, 0.2) is 0 Å². The number of hydrazine groups is 1. The lowest BCUT2D eigenvalue weighted by Crippen LogP contribution is -2.50. The molecule has 0 spiro atoms. The van der Waals surface area contributed by atoms with E-state index < -0.39 is 12.1 Å². The Morgan fingerprint density at radius 1 is 1.35 bits per heavy atom. The van der Waals surface area contributed by atoms with Gasteiger partial charge in [0.05, 0.1) is 18.5 Å². The lowest BCUT2D eigenvalue weighted by molar-refractivity contribution is -0.192. The van der Waals surface area contributed by atoms with Crippen molar-refractivity contribution in [3.8, 4) is 6.07 Å². The van der Waals surface area contributed by atoms with Gasteiger partial charge in [-0.1, -0.05) is 6.92 Å². The number of amides is 1. The van der Waals surface area contributed by atoms with Gasteiger partial charge in [-0.2, -0.15) is 18.4 Å². The number of nitriles is 1. The number of carbonyl (C=O) groups is 2. The van der Waals surface area contributed by atoms with Crippen molar-refractivity contribution < 1.29 is 27.9 Å². The predicted octanol–water partition coefficient (Wildman–Crippen LogP) is 1.80. The summed E-state index contributed by atoms with van der Waals surface area (Å²) in [5.74, 6) is 5.38. The fourth-order valence-corrected chi connectivity index (χ4v) is 3.85. The van der Waals surface area contributed by atoms with Gasteiger partial charge >= 0.3 is 12.1 Å². The van der Waals surface area contributed by atoms with E-state index in [1.165, 1.54) is 12.8 Å². The molecule has 1 amide bonds. The van der Waals surface area contributed by atoms with Gasteiger partial charge in [-0.3, -0.25) is 10.6 Å². The van der Waals surface area contributed by atoms with Crippen LogP contribution in [0.1, 0.15) is 32.6 Å². The maximum atomic E-state index is 12.2. The zero-order valence-corrected chi connectivity index (χ0v) is 15.2. The summed E-state index contributed by atoms with van der Waals surface area (Å²) in [5, 5.41) is 17.8. The van der Waals surface area contributed by atoms with Crippen LogP contribution in [0.25, 0.3) is 0 Å². The minimum atomic E-state index is -5.08. The third kappa shape index (κ3) is 7.01. The second-order valence-electron chi connectivity index (χ2n) is 6.40. The Morgan fingerprint density at radius 3 is 2.35 bits per heavy atom. The highest BCUT2D eigenvalue weighted by molar-refractivity contribution is 7.99. The quantitative estimate of drug-likeness (QED) is 0.553. The summed E-state index contributed by atoms with van der Waals surface area (Å²) in [7, 11) is 0. The zero-order chi connectivity index (χ0) is 19.9. The Labute approximate surface area is 154 Å². The number of thioether (sulfide) groups is 1. The van der Waals surface area contributed by atoms with Gasteiger partial charge in [0.25, 0.3) is 0 Å². The number of hydrogen-bond donors (Lipinski definition) is 2. The summed E-state index contributed by atoms with van der Waals surface area (Å²) in [6.07, 6.45) is -0.567. The molecule has 1 atom stereocenters. The molecule has 148 valence electrons. The maximum absolute atomic E-state index is 12.2. The van der Waals surface area contributed by atoms with Gasteiger partial charge < -0.3 is 10.0 Å². The molecular formula is C15H23F3N4O3S. The lowest BCUT2D eigenvalue weighted by atomic mass is 9.87. The molecule has 0 aromatic heterocycles. The number of nitrogens with two attached hydrogens (primary N) is 1. The number of alkyl halides is 3. The van der Waals surface area contributed by atoms with Crippen LogP contribution in [-0.2, 0) is 9.59 Å². The third-order valence-electron chi connectivity index (χ3n) is 4.37. The SMILES string of the molecule is CC1CCC(N(N)CC(=O)N2CSCC2C#N)CC1.O=C(O)C(F)(F)F. The van der Waals surface area contributed by atoms with Crippen LogP contribution in [0, 0.1) is 17.2 Å². The zero-order valence-electron chi connectivity index (χ0n) is 14.4. The summed E-state index contributed by atoms with van der Waals surface area (Å²) in [6, 6.07) is 2.21. The minimum absolute atomic E-state index is 0.0160. The van der Waals surface area contributed by atoms with Crippen molar-refractivity contribution in [1.82, 2.24) is 9.91 Å². The first-order valence-electron chi connectivity index (χ1n) is 8.14. The summed E-state index contributed by atoms with van der Waals surface area (Å²) in [5.41, 5.74) is 0. The molecule has 26 heavy (non-hydrogen) atoms. The van der Waals surface area contributed by atoms with Gasteiger partial charge in [-0.05, 0) is 31.6 Å². The van der Waals surface area contributed by atoms with Crippen molar-refractivity contribution >= 4 is 23.6 Å². The Morgan fingerprint density at radius 2 is 1.88 bits per heavy atom. The molecule has 0 radical (unpaired) electrons. The number of rotatable bonds is 3. The molecule has 11 heteroatoms. The van der Waals surface area contributed by atoms with Crippen LogP contribution in [0.4, 0.5) is 13.2 Å². The average molecular weight is 396 g/mol. The molecular weight excluding hydrogens is 373 g/mol. The molecule has 3 N–H and O–H groups in total. The molecule has 7 nitrogen and oxygen atoms in total. The van der Waals surface area contributed by atoms with Crippen molar-refractivity contribution in [2.45, 2.75) is 50.9 Å². The number of carboxylic acid groups (broad SMARTS) is 1. The Balaban J connectivity index is 0.000000412. The highest BCUT2D eigenvalue weighted by Gasteiger charge is 2.38. The first-order valence-corrected chi connectivity index (χ1v) is 9.30. The van der Waals surface area contributed by atoms with Crippen LogP contribution in [0.15, 0.2) is 0 Å². The number of carboxylic acids is 1. The van der Waals surface area contributed by atoms with Crippen LogP contribution in [0.5, 0.6) is 0 Å². The van der Waals surface area contributed by atoms with Crippen LogP contribution in [0.3, 0.4) is 0 Å². The number of halogens is 3. The molecule has 2 aliphatic rings. The second kappa shape index (κ2) is 9.99. The van der Waals surface area contributed by atoms with E-state index in [1.807, 2.05) is 0 Å². The first kappa shape index (κ1) is 22.5. The van der Waals surface area contributed by atoms with Gasteiger partial charge in [0.1, 0.15) is 6.04 Å². The number of aliphatic carboxylic acids is 1. The molecule has 2 fully saturated rings. The highest BCUT2D eigenvalue weighted by Crippen LogP contribution is 2.26. The van der Waals surface area contributed by atoms with Gasteiger partial charge in [-0.25, -0.2) is 9.80 Å². The second-order valence-corrected chi connectivity index (χ2v) is 7.40. The summed E-state index contributed by atoms with van der Waals surface area (Å²) in [4.78, 5) is 22.7. The van der Waals surface area contributed by atoms with Crippen molar-refractivity contribution in [2.75, 3.05) is 18.2 Å². The van der Waals surface area contributed by atoms with Crippen LogP contribution in [-0.4, -0.2) is 63.3 Å². The number of hydrogen-bond acceptors (Lipinski definition) is 6. The largest absolute Gasteiger partial charge is 0.490 e. The summed E-state index contributed by atoms with van der Waals surface area (Å²) in [6.45, 7) is 2.50. The van der Waals surface area contributed by atoms with E-state index in [-0.39, 0.29) is 18.5 Å². The summed E-state index contributed by atoms with van der Waals surface area (Å²) < 4.78 is 31.7. The van der Waals surface area contributed by atoms with E-state index in [0.717, 1.165) is 18.8 Å². The molecule has 2 rings (SSSR count). The van der Waals surface area contributed by atoms with Crippen molar-refractivity contribution in [3.05, 3.63) is 0 Å². The molecule has 1 saturated heterocycles. The molecule has 1 unspecified atom stereocenters. The molecule has 0 aromatic carbocycles. The predicted molar refractivity (Wildman–Crippen MR) is 89.6 cm³/mol. The topological polar surface area (TPSA) is 111 Å². The summed E-state index contributed by atoms with van der Waals surface area (Å²) >= 11 is 1.63. The average Bonchev–Trinajstić information content (AvgIpc) is 3.03. The molecule has 0 aromatic rings. The molecule has 0 bridgehead atoms. The first-order chi connectivity index (χ1) is 12.1. The van der Waals surface area contributed by atoms with Crippen molar-refractivity contribution in [1.29, 1.82) is 5.26 Å². The Hall–Kier alpha value is -1.51. The minimum Gasteiger partial charge on any atom is -0.475 e. The van der Waals surface area contributed by atoms with E-state index in [9.17, 15) is 18.0 Å².